The summed E-state index contributed by atoms with van der Waals surface area (Å²) < 4.78 is 5.05. The van der Waals surface area contributed by atoms with E-state index in [1.807, 2.05) is 6.92 Å². The molecule has 1 fully saturated rings. The van der Waals surface area contributed by atoms with Gasteiger partial charge in [0.25, 0.3) is 0 Å². The Morgan fingerprint density at radius 2 is 2.21 bits per heavy atom. The number of aliphatic hydroxyl groups excluding tert-OH is 1. The summed E-state index contributed by atoms with van der Waals surface area (Å²) in [7, 11) is 0. The van der Waals surface area contributed by atoms with E-state index in [-0.39, 0.29) is 6.61 Å². The maximum Gasteiger partial charge on any atom is 0.309 e. The molecule has 0 saturated heterocycles. The molecular weight excluding hydrogens is 184 g/mol. The van der Waals surface area contributed by atoms with Crippen LogP contribution in [0.2, 0.25) is 0 Å². The molecule has 0 bridgehead atoms. The van der Waals surface area contributed by atoms with Gasteiger partial charge >= 0.3 is 5.97 Å². The molecule has 0 spiro atoms. The van der Waals surface area contributed by atoms with Crippen LogP contribution in [0.25, 0.3) is 0 Å². The molecule has 0 aromatic heterocycles. The van der Waals surface area contributed by atoms with Crippen molar-refractivity contribution in [3.05, 3.63) is 0 Å². The molecule has 0 aliphatic heterocycles. The van der Waals surface area contributed by atoms with Gasteiger partial charge in [-0.2, -0.15) is 0 Å². The zero-order valence-corrected chi connectivity index (χ0v) is 8.53. The number of rotatable bonds is 6. The molecule has 0 heterocycles. The Morgan fingerprint density at radius 3 is 2.57 bits per heavy atom. The number of carboxylic acid groups (broad SMARTS) is 1. The largest absolute Gasteiger partial charge is 0.481 e. The molecule has 1 aliphatic carbocycles. The molecule has 1 aliphatic rings. The highest BCUT2D eigenvalue weighted by atomic mass is 16.5. The molecule has 1 saturated carbocycles. The highest BCUT2D eigenvalue weighted by molar-refractivity contribution is 5.75. The van der Waals surface area contributed by atoms with E-state index in [9.17, 15) is 9.90 Å². The Labute approximate surface area is 83.9 Å². The topological polar surface area (TPSA) is 66.8 Å². The lowest BCUT2D eigenvalue weighted by atomic mass is 9.66. The molecule has 1 unspecified atom stereocenters. The van der Waals surface area contributed by atoms with Gasteiger partial charge in [0, 0.05) is 6.61 Å². The van der Waals surface area contributed by atoms with Crippen LogP contribution in [0.4, 0.5) is 0 Å². The smallest absolute Gasteiger partial charge is 0.309 e. The lowest BCUT2D eigenvalue weighted by Crippen LogP contribution is -2.41. The zero-order chi connectivity index (χ0) is 10.6. The number of hydrogen-bond donors (Lipinski definition) is 2. The predicted molar refractivity (Wildman–Crippen MR) is 51.0 cm³/mol. The monoisotopic (exact) mass is 202 g/mol. The molecule has 1 rings (SSSR count). The third-order valence-electron chi connectivity index (χ3n) is 2.91. The first-order valence-electron chi connectivity index (χ1n) is 5.10. The molecule has 0 aromatic rings. The van der Waals surface area contributed by atoms with Crippen molar-refractivity contribution in [1.29, 1.82) is 0 Å². The van der Waals surface area contributed by atoms with E-state index in [4.69, 9.17) is 9.84 Å². The summed E-state index contributed by atoms with van der Waals surface area (Å²) in [5.74, 6) is -0.778. The first kappa shape index (κ1) is 11.5. The maximum atomic E-state index is 11.0. The number of carboxylic acids is 1. The van der Waals surface area contributed by atoms with Crippen LogP contribution in [0.1, 0.15) is 32.6 Å². The fraction of sp³-hybridized carbons (Fsp3) is 0.900. The van der Waals surface area contributed by atoms with Crippen LogP contribution in [0.5, 0.6) is 0 Å². The molecule has 2 N–H and O–H groups in total. The number of hydrogen-bond acceptors (Lipinski definition) is 3. The van der Waals surface area contributed by atoms with Crippen molar-refractivity contribution in [1.82, 2.24) is 0 Å². The number of aliphatic hydroxyl groups is 1. The quantitative estimate of drug-likeness (QED) is 0.675. The maximum absolute atomic E-state index is 11.0. The Bertz CT molecular complexity index is 198. The minimum Gasteiger partial charge on any atom is -0.481 e. The minimum atomic E-state index is -0.778. The Hall–Kier alpha value is -0.610. The summed E-state index contributed by atoms with van der Waals surface area (Å²) in [4.78, 5) is 11.0. The van der Waals surface area contributed by atoms with Crippen LogP contribution >= 0.6 is 0 Å². The van der Waals surface area contributed by atoms with E-state index in [0.29, 0.717) is 25.9 Å². The molecule has 4 heteroatoms. The second-order valence-corrected chi connectivity index (χ2v) is 3.96. The van der Waals surface area contributed by atoms with Gasteiger partial charge in [-0.3, -0.25) is 4.79 Å². The molecule has 0 aromatic carbocycles. The van der Waals surface area contributed by atoms with Crippen LogP contribution in [-0.4, -0.2) is 35.5 Å². The van der Waals surface area contributed by atoms with Gasteiger partial charge in [-0.05, 0) is 26.2 Å². The normalized spacial score (nSPS) is 21.3. The predicted octanol–water partition coefficient (Wildman–Crippen LogP) is 1.03. The van der Waals surface area contributed by atoms with E-state index in [0.717, 1.165) is 6.42 Å². The summed E-state index contributed by atoms with van der Waals surface area (Å²) in [6.07, 6.45) is 2.00. The molecule has 82 valence electrons. The fourth-order valence-corrected chi connectivity index (χ4v) is 1.87. The lowest BCUT2D eigenvalue weighted by Gasteiger charge is -2.38. The summed E-state index contributed by atoms with van der Waals surface area (Å²) in [5.41, 5.74) is -0.670. The molecular formula is C10H18O4. The van der Waals surface area contributed by atoms with Gasteiger partial charge in [-0.15, -0.1) is 0 Å². The van der Waals surface area contributed by atoms with Gasteiger partial charge in [0.05, 0.1) is 18.1 Å². The fourth-order valence-electron chi connectivity index (χ4n) is 1.87. The Balaban J connectivity index is 2.36. The van der Waals surface area contributed by atoms with Crippen molar-refractivity contribution >= 4 is 5.97 Å². The molecule has 4 nitrogen and oxygen atoms in total. The van der Waals surface area contributed by atoms with Crippen LogP contribution in [0, 0.1) is 5.41 Å². The van der Waals surface area contributed by atoms with Crippen molar-refractivity contribution in [3.63, 3.8) is 0 Å². The van der Waals surface area contributed by atoms with Gasteiger partial charge in [0.1, 0.15) is 0 Å². The summed E-state index contributed by atoms with van der Waals surface area (Å²) >= 11 is 0. The van der Waals surface area contributed by atoms with Gasteiger partial charge in [-0.25, -0.2) is 0 Å². The summed E-state index contributed by atoms with van der Waals surface area (Å²) in [5, 5.41) is 18.5. The first-order chi connectivity index (χ1) is 6.60. The number of aliphatic carboxylic acids is 1. The van der Waals surface area contributed by atoms with Crippen LogP contribution in [0.3, 0.4) is 0 Å². The van der Waals surface area contributed by atoms with Crippen LogP contribution < -0.4 is 0 Å². The Kier molecular flexibility index (Phi) is 3.89. The van der Waals surface area contributed by atoms with E-state index in [2.05, 4.69) is 0 Å². The van der Waals surface area contributed by atoms with Crippen molar-refractivity contribution < 1.29 is 19.7 Å². The number of ether oxygens (including phenoxy) is 1. The second-order valence-electron chi connectivity index (χ2n) is 3.96. The Morgan fingerprint density at radius 1 is 1.57 bits per heavy atom. The van der Waals surface area contributed by atoms with Gasteiger partial charge in [-0.1, -0.05) is 6.42 Å². The van der Waals surface area contributed by atoms with E-state index >= 15 is 0 Å². The third-order valence-corrected chi connectivity index (χ3v) is 2.91. The average Bonchev–Trinajstić information content (AvgIpc) is 2.07. The van der Waals surface area contributed by atoms with Gasteiger partial charge in [0.2, 0.25) is 0 Å². The van der Waals surface area contributed by atoms with Gasteiger partial charge < -0.3 is 14.9 Å². The van der Waals surface area contributed by atoms with E-state index in [1.54, 1.807) is 0 Å². The molecule has 0 amide bonds. The van der Waals surface area contributed by atoms with Crippen molar-refractivity contribution in [2.45, 2.75) is 38.7 Å². The third kappa shape index (κ3) is 2.45. The summed E-state index contributed by atoms with van der Waals surface area (Å²) in [6, 6.07) is 0. The SMILES string of the molecule is CCOCC(O)CC1(C(=O)O)CCC1. The van der Waals surface area contributed by atoms with E-state index < -0.39 is 17.5 Å². The number of carbonyl (C=O) groups is 1. The highest BCUT2D eigenvalue weighted by Gasteiger charge is 2.45. The van der Waals surface area contributed by atoms with E-state index in [1.165, 1.54) is 0 Å². The standard InChI is InChI=1S/C10H18O4/c1-2-14-7-8(11)6-10(9(12)13)4-3-5-10/h8,11H,2-7H2,1H3,(H,12,13). The van der Waals surface area contributed by atoms with Crippen molar-refractivity contribution in [2.24, 2.45) is 5.41 Å². The lowest BCUT2D eigenvalue weighted by molar-refractivity contribution is -0.158. The van der Waals surface area contributed by atoms with Crippen LogP contribution in [0.15, 0.2) is 0 Å². The molecule has 1 atom stereocenters. The zero-order valence-electron chi connectivity index (χ0n) is 8.53. The van der Waals surface area contributed by atoms with Crippen LogP contribution in [-0.2, 0) is 9.53 Å². The molecule has 0 radical (unpaired) electrons. The van der Waals surface area contributed by atoms with Crippen molar-refractivity contribution in [2.75, 3.05) is 13.2 Å². The highest BCUT2D eigenvalue weighted by Crippen LogP contribution is 2.44. The van der Waals surface area contributed by atoms with Gasteiger partial charge in [0.15, 0.2) is 0 Å². The average molecular weight is 202 g/mol. The first-order valence-corrected chi connectivity index (χ1v) is 5.10. The minimum absolute atomic E-state index is 0.242. The summed E-state index contributed by atoms with van der Waals surface area (Å²) in [6.45, 7) is 2.64. The van der Waals surface area contributed by atoms with Crippen molar-refractivity contribution in [3.8, 4) is 0 Å². The second kappa shape index (κ2) is 4.75. The molecule has 14 heavy (non-hydrogen) atoms.